The van der Waals surface area contributed by atoms with Crippen molar-refractivity contribution < 1.29 is 0 Å². The fourth-order valence-corrected chi connectivity index (χ4v) is 6.80. The molecule has 4 aromatic rings. The number of fused-ring (bicyclic) bond motifs is 3. The Morgan fingerprint density at radius 1 is 0.667 bits per heavy atom. The van der Waals surface area contributed by atoms with E-state index in [2.05, 4.69) is 151 Å². The van der Waals surface area contributed by atoms with E-state index in [0.717, 1.165) is 6.42 Å². The van der Waals surface area contributed by atoms with Gasteiger partial charge in [0.15, 0.2) is 0 Å². The lowest BCUT2D eigenvalue weighted by Crippen LogP contribution is -2.27. The maximum atomic E-state index is 4.81. The van der Waals surface area contributed by atoms with Gasteiger partial charge in [-0.25, -0.2) is 0 Å². The normalized spacial score (nSPS) is 24.1. The number of dihydropyridines is 1. The molecule has 2 aliphatic carbocycles. The van der Waals surface area contributed by atoms with Crippen LogP contribution in [0.5, 0.6) is 0 Å². The van der Waals surface area contributed by atoms with Crippen LogP contribution >= 0.6 is 0 Å². The summed E-state index contributed by atoms with van der Waals surface area (Å²) in [6.07, 6.45) is 21.1. The predicted molar refractivity (Wildman–Crippen MR) is 176 cm³/mol. The van der Waals surface area contributed by atoms with Gasteiger partial charge in [0.1, 0.15) is 0 Å². The zero-order valence-electron chi connectivity index (χ0n) is 23.4. The van der Waals surface area contributed by atoms with Gasteiger partial charge in [-0.1, -0.05) is 127 Å². The topological polar surface area (TPSA) is 24.4 Å². The molecule has 2 nitrogen and oxygen atoms in total. The van der Waals surface area contributed by atoms with E-state index in [1.54, 1.807) is 0 Å². The average molecular weight is 541 g/mol. The van der Waals surface area contributed by atoms with E-state index in [1.807, 2.05) is 6.21 Å². The smallest absolute Gasteiger partial charge is 0.0852 e. The van der Waals surface area contributed by atoms with Crippen molar-refractivity contribution in [3.63, 3.8) is 0 Å². The van der Waals surface area contributed by atoms with Crippen LogP contribution in [0.1, 0.15) is 40.6 Å². The molecule has 8 rings (SSSR count). The van der Waals surface area contributed by atoms with Gasteiger partial charge in [0.05, 0.1) is 12.1 Å². The molecule has 2 heteroatoms. The molecule has 0 aromatic heterocycles. The third kappa shape index (κ3) is 4.50. The minimum atomic E-state index is 0.0810. The summed E-state index contributed by atoms with van der Waals surface area (Å²) in [5.41, 5.74) is 10.2. The Hall–Kier alpha value is -4.95. The molecule has 4 aromatic carbocycles. The highest BCUT2D eigenvalue weighted by Crippen LogP contribution is 2.42. The van der Waals surface area contributed by atoms with Crippen molar-refractivity contribution in [2.45, 2.75) is 24.4 Å². The third-order valence-corrected chi connectivity index (χ3v) is 9.02. The van der Waals surface area contributed by atoms with Crippen LogP contribution in [0.2, 0.25) is 0 Å². The minimum Gasteiger partial charge on any atom is -0.374 e. The molecule has 0 radical (unpaired) electrons. The van der Waals surface area contributed by atoms with E-state index in [4.69, 9.17) is 4.99 Å². The van der Waals surface area contributed by atoms with Gasteiger partial charge >= 0.3 is 0 Å². The summed E-state index contributed by atoms with van der Waals surface area (Å²) in [6.45, 7) is 0. The van der Waals surface area contributed by atoms with Crippen LogP contribution in [-0.4, -0.2) is 12.3 Å². The maximum Gasteiger partial charge on any atom is 0.0852 e. The first-order valence-electron chi connectivity index (χ1n) is 14.9. The van der Waals surface area contributed by atoms with Crippen LogP contribution in [0.3, 0.4) is 0 Å². The van der Waals surface area contributed by atoms with Crippen LogP contribution in [0.4, 0.5) is 0 Å². The lowest BCUT2D eigenvalue weighted by Gasteiger charge is -2.33. The molecule has 4 aliphatic rings. The Labute approximate surface area is 247 Å². The van der Waals surface area contributed by atoms with Crippen LogP contribution < -0.4 is 5.32 Å². The number of benzene rings is 4. The molecule has 42 heavy (non-hydrogen) atoms. The van der Waals surface area contributed by atoms with Crippen LogP contribution in [0.25, 0.3) is 21.9 Å². The van der Waals surface area contributed by atoms with Crippen molar-refractivity contribution in [1.29, 1.82) is 0 Å². The van der Waals surface area contributed by atoms with Crippen LogP contribution in [-0.2, 0) is 0 Å². The van der Waals surface area contributed by atoms with Gasteiger partial charge in [-0.05, 0) is 68.8 Å². The first-order chi connectivity index (χ1) is 20.8. The zero-order valence-corrected chi connectivity index (χ0v) is 23.4. The van der Waals surface area contributed by atoms with E-state index < -0.39 is 0 Å². The molecule has 0 fully saturated rings. The molecule has 2 aliphatic heterocycles. The Kier molecular flexibility index (Phi) is 6.18. The quantitative estimate of drug-likeness (QED) is 0.274. The lowest BCUT2D eigenvalue weighted by molar-refractivity contribution is 0.689. The van der Waals surface area contributed by atoms with Gasteiger partial charge in [-0.2, -0.15) is 0 Å². The number of hydrogen-bond acceptors (Lipinski definition) is 2. The zero-order chi connectivity index (χ0) is 27.9. The average Bonchev–Trinajstić information content (AvgIpc) is 3.07. The lowest BCUT2D eigenvalue weighted by atomic mass is 9.80. The summed E-state index contributed by atoms with van der Waals surface area (Å²) in [5, 5.41) is 6.45. The largest absolute Gasteiger partial charge is 0.374 e. The van der Waals surface area contributed by atoms with Crippen LogP contribution in [0, 0.1) is 5.92 Å². The summed E-state index contributed by atoms with van der Waals surface area (Å²) in [6, 6.07) is 35.7. The monoisotopic (exact) mass is 540 g/mol. The van der Waals surface area contributed by atoms with Gasteiger partial charge < -0.3 is 5.32 Å². The Bertz CT molecular complexity index is 1880. The van der Waals surface area contributed by atoms with Crippen molar-refractivity contribution in [2.24, 2.45) is 10.9 Å². The standard InChI is InChI=1S/C40H32N2/c1-2-8-27(9-3-1)33-21-22-36-37(26-38(42-39(36)25-33)34-20-15-28-10-4-5-11-32(28)24-34)30-18-16-29(17-19-30)35-14-6-12-31-13-7-23-41-40(31)35/h1-20,22-26,31,33,38,40,42H,21H2. The molecule has 0 saturated heterocycles. The fraction of sp³-hybridized carbons (Fsp3) is 0.125. The molecule has 202 valence electrons. The summed E-state index contributed by atoms with van der Waals surface area (Å²) >= 11 is 0. The van der Waals surface area contributed by atoms with Gasteiger partial charge in [-0.15, -0.1) is 0 Å². The number of hydrogen-bond donors (Lipinski definition) is 1. The van der Waals surface area contributed by atoms with Crippen LogP contribution in [0.15, 0.2) is 162 Å². The molecule has 4 unspecified atom stereocenters. The van der Waals surface area contributed by atoms with Gasteiger partial charge in [0.2, 0.25) is 0 Å². The van der Waals surface area contributed by atoms with E-state index in [0.29, 0.717) is 11.8 Å². The molecule has 0 saturated carbocycles. The van der Waals surface area contributed by atoms with Crippen molar-refractivity contribution in [3.8, 4) is 0 Å². The number of nitrogens with zero attached hydrogens (tertiary/aromatic N) is 1. The molecule has 0 amide bonds. The highest BCUT2D eigenvalue weighted by atomic mass is 14.9. The Morgan fingerprint density at radius 3 is 2.33 bits per heavy atom. The van der Waals surface area contributed by atoms with E-state index in [9.17, 15) is 0 Å². The highest BCUT2D eigenvalue weighted by molar-refractivity contribution is 5.88. The maximum absolute atomic E-state index is 4.81. The third-order valence-electron chi connectivity index (χ3n) is 9.02. The van der Waals surface area contributed by atoms with Crippen molar-refractivity contribution in [3.05, 3.63) is 179 Å². The Balaban J connectivity index is 1.18. The van der Waals surface area contributed by atoms with E-state index in [-0.39, 0.29) is 12.1 Å². The molecule has 0 bridgehead atoms. The highest BCUT2D eigenvalue weighted by Gasteiger charge is 2.28. The summed E-state index contributed by atoms with van der Waals surface area (Å²) in [7, 11) is 0. The van der Waals surface area contributed by atoms with E-state index in [1.165, 1.54) is 55.4 Å². The second-order valence-electron chi connectivity index (χ2n) is 11.5. The Morgan fingerprint density at radius 2 is 1.45 bits per heavy atom. The summed E-state index contributed by atoms with van der Waals surface area (Å²) < 4.78 is 0. The number of aliphatic imine (C=N–C) groups is 1. The summed E-state index contributed by atoms with van der Waals surface area (Å²) in [5.74, 6) is 0.697. The second-order valence-corrected chi connectivity index (χ2v) is 11.5. The molecular formula is C40H32N2. The number of rotatable bonds is 4. The molecule has 2 heterocycles. The first kappa shape index (κ1) is 24.8. The van der Waals surface area contributed by atoms with Crippen molar-refractivity contribution in [1.82, 2.24) is 5.32 Å². The second kappa shape index (κ2) is 10.5. The van der Waals surface area contributed by atoms with Gasteiger partial charge in [-0.3, -0.25) is 4.99 Å². The predicted octanol–water partition coefficient (Wildman–Crippen LogP) is 9.14. The summed E-state index contributed by atoms with van der Waals surface area (Å²) in [4.78, 5) is 4.81. The number of nitrogens with one attached hydrogen (secondary N) is 1. The molecule has 0 spiro atoms. The van der Waals surface area contributed by atoms with Gasteiger partial charge in [0, 0.05) is 29.3 Å². The molecule has 4 atom stereocenters. The first-order valence-corrected chi connectivity index (χ1v) is 14.9. The SMILES string of the molecule is C1=CC2C=CC=C(c3ccc(C4=CC(c5ccc6ccccc6c5)NC5=CC(c6ccccc6)CC=C54)cc3)C2N=C1. The van der Waals surface area contributed by atoms with Crippen molar-refractivity contribution in [2.75, 3.05) is 0 Å². The molecule has 1 N–H and O–H groups in total. The molecular weight excluding hydrogens is 508 g/mol. The van der Waals surface area contributed by atoms with Crippen molar-refractivity contribution >= 4 is 28.1 Å². The van der Waals surface area contributed by atoms with Gasteiger partial charge in [0.25, 0.3) is 0 Å². The minimum absolute atomic E-state index is 0.0810. The van der Waals surface area contributed by atoms with E-state index >= 15 is 0 Å². The number of allylic oxidation sites excluding steroid dienone is 6. The fourth-order valence-electron chi connectivity index (χ4n) is 6.80.